The van der Waals surface area contributed by atoms with Gasteiger partial charge in [0.2, 0.25) is 5.91 Å². The van der Waals surface area contributed by atoms with E-state index in [4.69, 9.17) is 14.2 Å². The summed E-state index contributed by atoms with van der Waals surface area (Å²) in [4.78, 5) is 40.6. The topological polar surface area (TPSA) is 167 Å². The van der Waals surface area contributed by atoms with Gasteiger partial charge in [0.1, 0.15) is 37.5 Å². The molecule has 12 heteroatoms. The fourth-order valence-electron chi connectivity index (χ4n) is 8.02. The third-order valence-corrected chi connectivity index (χ3v) is 11.9. The van der Waals surface area contributed by atoms with Gasteiger partial charge in [-0.3, -0.25) is 9.69 Å². The van der Waals surface area contributed by atoms with Crippen LogP contribution in [0.1, 0.15) is 199 Å². The van der Waals surface area contributed by atoms with Crippen molar-refractivity contribution in [1.29, 1.82) is 0 Å². The van der Waals surface area contributed by atoms with Crippen LogP contribution in [0.4, 0.5) is 9.59 Å². The Bertz CT molecular complexity index is 1230. The average molecular weight is 862 g/mol. The van der Waals surface area contributed by atoms with Crippen LogP contribution in [-0.2, 0) is 25.6 Å². The van der Waals surface area contributed by atoms with Crippen molar-refractivity contribution in [2.75, 3.05) is 26.3 Å². The Kier molecular flexibility index (Phi) is 32.5. The monoisotopic (exact) mass is 862 g/mol. The molecule has 3 amide bonds. The first-order chi connectivity index (χ1) is 29.8. The Balaban J connectivity index is 1.88. The van der Waals surface area contributed by atoms with Crippen LogP contribution >= 0.6 is 0 Å². The molecule has 1 aliphatic rings. The van der Waals surface area contributed by atoms with Gasteiger partial charge in [-0.1, -0.05) is 211 Å². The standard InChI is InChI=1S/C49H87N3O9/c1-3-5-7-9-11-13-15-17-18-19-20-22-24-26-28-33-37-59-49(58)52(36-32-27-25-23-21-16-14-12-10-8-6-4-2)47-44(46(56)45(55)42(39-53)61-47)51-43(54)38-50-48(57)60-40-41-34-30-29-31-35-41/h29-31,34-35,42,44-47,53,55-56H,3-28,32-33,36-40H2,1-2H3,(H,50,57)(H,51,54)/t42-,44-,45-,46-,47-/m1/s1. The largest absolute Gasteiger partial charge is 0.449 e. The number of hydrogen-bond donors (Lipinski definition) is 5. The number of carbonyl (C=O) groups is 3. The van der Waals surface area contributed by atoms with Crippen LogP contribution in [0.2, 0.25) is 0 Å². The van der Waals surface area contributed by atoms with E-state index in [0.717, 1.165) is 50.5 Å². The van der Waals surface area contributed by atoms with E-state index in [0.29, 0.717) is 6.42 Å². The van der Waals surface area contributed by atoms with Crippen molar-refractivity contribution >= 4 is 18.1 Å². The lowest BCUT2D eigenvalue weighted by Crippen LogP contribution is -2.69. The summed E-state index contributed by atoms with van der Waals surface area (Å²) >= 11 is 0. The van der Waals surface area contributed by atoms with Gasteiger partial charge in [0, 0.05) is 6.54 Å². The van der Waals surface area contributed by atoms with Gasteiger partial charge in [0.15, 0.2) is 6.23 Å². The number of alkyl carbamates (subject to hydrolysis) is 1. The Morgan fingerprint density at radius 3 is 1.56 bits per heavy atom. The van der Waals surface area contributed by atoms with E-state index in [1.807, 2.05) is 30.3 Å². The van der Waals surface area contributed by atoms with Gasteiger partial charge in [-0.15, -0.1) is 0 Å². The van der Waals surface area contributed by atoms with Crippen LogP contribution in [0.3, 0.4) is 0 Å². The van der Waals surface area contributed by atoms with E-state index >= 15 is 0 Å². The molecule has 0 bridgehead atoms. The second kappa shape index (κ2) is 36.5. The molecule has 61 heavy (non-hydrogen) atoms. The molecular weight excluding hydrogens is 775 g/mol. The van der Waals surface area contributed by atoms with Crippen LogP contribution < -0.4 is 10.6 Å². The number of hydrogen-bond acceptors (Lipinski definition) is 9. The molecule has 0 aromatic heterocycles. The van der Waals surface area contributed by atoms with Gasteiger partial charge in [-0.05, 0) is 18.4 Å². The van der Waals surface area contributed by atoms with Crippen molar-refractivity contribution in [2.24, 2.45) is 0 Å². The fourth-order valence-corrected chi connectivity index (χ4v) is 8.02. The van der Waals surface area contributed by atoms with E-state index in [1.165, 1.54) is 133 Å². The summed E-state index contributed by atoms with van der Waals surface area (Å²) in [7, 11) is 0. The van der Waals surface area contributed by atoms with E-state index < -0.39 is 61.8 Å². The molecule has 1 aromatic carbocycles. The molecule has 1 aliphatic heterocycles. The average Bonchev–Trinajstić information content (AvgIpc) is 3.27. The maximum absolute atomic E-state index is 13.8. The number of nitrogens with zero attached hydrogens (tertiary/aromatic N) is 1. The number of ether oxygens (including phenoxy) is 3. The van der Waals surface area contributed by atoms with Crippen LogP contribution in [-0.4, -0.2) is 95.2 Å². The number of aliphatic hydroxyl groups excluding tert-OH is 3. The summed E-state index contributed by atoms with van der Waals surface area (Å²) in [5.41, 5.74) is 0.787. The Morgan fingerprint density at radius 2 is 1.08 bits per heavy atom. The summed E-state index contributed by atoms with van der Waals surface area (Å²) in [5.74, 6) is -0.684. The first kappa shape index (κ1) is 54.2. The SMILES string of the molecule is CCCCCCCCCCCCCCCCCCOC(=O)N(CCCCCCCCCCCCCC)[C@@H]1O[C@H](CO)[C@@H](O)[C@H](O)[C@H]1NC(=O)CNC(=O)OCc1ccccc1. The zero-order valence-electron chi connectivity index (χ0n) is 38.3. The highest BCUT2D eigenvalue weighted by molar-refractivity contribution is 5.82. The van der Waals surface area contributed by atoms with Crippen molar-refractivity contribution in [3.8, 4) is 0 Å². The molecule has 1 aromatic rings. The third-order valence-electron chi connectivity index (χ3n) is 11.9. The smallest absolute Gasteiger partial charge is 0.411 e. The number of amides is 3. The highest BCUT2D eigenvalue weighted by atomic mass is 16.6. The molecule has 5 N–H and O–H groups in total. The normalized spacial score (nSPS) is 18.7. The van der Waals surface area contributed by atoms with Crippen molar-refractivity contribution in [1.82, 2.24) is 15.5 Å². The number of nitrogens with one attached hydrogen (secondary N) is 2. The first-order valence-corrected chi connectivity index (χ1v) is 24.6. The second-order valence-electron chi connectivity index (χ2n) is 17.2. The molecule has 0 radical (unpaired) electrons. The van der Waals surface area contributed by atoms with E-state index in [-0.39, 0.29) is 19.8 Å². The number of rotatable bonds is 37. The van der Waals surface area contributed by atoms with Crippen molar-refractivity contribution < 1.29 is 43.9 Å². The quantitative estimate of drug-likeness (QED) is 0.0409. The predicted octanol–water partition coefficient (Wildman–Crippen LogP) is 10.2. The second-order valence-corrected chi connectivity index (χ2v) is 17.2. The predicted molar refractivity (Wildman–Crippen MR) is 243 cm³/mol. The van der Waals surface area contributed by atoms with Crippen LogP contribution in [0.15, 0.2) is 30.3 Å². The van der Waals surface area contributed by atoms with Gasteiger partial charge in [-0.25, -0.2) is 9.59 Å². The fraction of sp³-hybridized carbons (Fsp3) is 0.816. The third kappa shape index (κ3) is 25.7. The molecule has 0 spiro atoms. The zero-order valence-corrected chi connectivity index (χ0v) is 38.3. The highest BCUT2D eigenvalue weighted by Crippen LogP contribution is 2.26. The number of aliphatic hydroxyl groups is 3. The van der Waals surface area contributed by atoms with Gasteiger partial charge >= 0.3 is 12.2 Å². The van der Waals surface area contributed by atoms with E-state index in [2.05, 4.69) is 24.5 Å². The summed E-state index contributed by atoms with van der Waals surface area (Å²) in [6.07, 6.45) is 26.7. The van der Waals surface area contributed by atoms with Crippen LogP contribution in [0, 0.1) is 0 Å². The van der Waals surface area contributed by atoms with E-state index in [1.54, 1.807) is 0 Å². The molecule has 12 nitrogen and oxygen atoms in total. The van der Waals surface area contributed by atoms with Crippen LogP contribution in [0.25, 0.3) is 0 Å². The maximum Gasteiger partial charge on any atom is 0.411 e. The lowest BCUT2D eigenvalue weighted by Gasteiger charge is -2.46. The van der Waals surface area contributed by atoms with Gasteiger partial charge < -0.3 is 40.2 Å². The van der Waals surface area contributed by atoms with Gasteiger partial charge in [0.25, 0.3) is 0 Å². The Hall–Kier alpha value is -2.93. The van der Waals surface area contributed by atoms with Gasteiger partial charge in [-0.2, -0.15) is 0 Å². The van der Waals surface area contributed by atoms with Crippen LogP contribution in [0.5, 0.6) is 0 Å². The van der Waals surface area contributed by atoms with Crippen molar-refractivity contribution in [2.45, 2.75) is 231 Å². The van der Waals surface area contributed by atoms with Crippen molar-refractivity contribution in [3.05, 3.63) is 35.9 Å². The molecule has 2 rings (SSSR count). The molecule has 0 unspecified atom stereocenters. The molecule has 1 fully saturated rings. The summed E-state index contributed by atoms with van der Waals surface area (Å²) < 4.78 is 17.0. The molecule has 1 saturated heterocycles. The van der Waals surface area contributed by atoms with Crippen molar-refractivity contribution in [3.63, 3.8) is 0 Å². The number of carbonyl (C=O) groups excluding carboxylic acids is 3. The lowest BCUT2D eigenvalue weighted by atomic mass is 9.95. The molecule has 0 aliphatic carbocycles. The maximum atomic E-state index is 13.8. The zero-order chi connectivity index (χ0) is 44.2. The van der Waals surface area contributed by atoms with Gasteiger partial charge in [0.05, 0.1) is 13.2 Å². The minimum atomic E-state index is -1.58. The Morgan fingerprint density at radius 1 is 0.623 bits per heavy atom. The molecule has 5 atom stereocenters. The molecule has 352 valence electrons. The molecular formula is C49H87N3O9. The number of unbranched alkanes of at least 4 members (excludes halogenated alkanes) is 26. The summed E-state index contributed by atoms with van der Waals surface area (Å²) in [6, 6.07) is 7.85. The minimum Gasteiger partial charge on any atom is -0.449 e. The first-order valence-electron chi connectivity index (χ1n) is 24.6. The summed E-state index contributed by atoms with van der Waals surface area (Å²) in [6.45, 7) is 3.89. The molecule has 1 heterocycles. The van der Waals surface area contributed by atoms with E-state index in [9.17, 15) is 29.7 Å². The lowest BCUT2D eigenvalue weighted by molar-refractivity contribution is -0.226. The number of benzene rings is 1. The molecule has 0 saturated carbocycles. The highest BCUT2D eigenvalue weighted by Gasteiger charge is 2.48. The summed E-state index contributed by atoms with van der Waals surface area (Å²) in [5, 5.41) is 37.1. The Labute approximate surface area is 369 Å². The minimum absolute atomic E-state index is 0.0237.